The van der Waals surface area contributed by atoms with E-state index in [4.69, 9.17) is 9.84 Å². The number of halogens is 3. The monoisotopic (exact) mass is 438 g/mol. The molecule has 2 aromatic rings. The second kappa shape index (κ2) is 9.36. The summed E-state index contributed by atoms with van der Waals surface area (Å²) in [6, 6.07) is 4.82. The van der Waals surface area contributed by atoms with E-state index in [2.05, 4.69) is 4.98 Å². The second-order valence-corrected chi connectivity index (χ2v) is 8.02. The number of aliphatic carboxylic acids is 1. The lowest BCUT2D eigenvalue weighted by Gasteiger charge is -2.27. The first kappa shape index (κ1) is 24.2. The van der Waals surface area contributed by atoms with Crippen molar-refractivity contribution in [3.05, 3.63) is 53.3 Å². The number of pyridine rings is 1. The summed E-state index contributed by atoms with van der Waals surface area (Å²) in [5, 5.41) is 9.00. The van der Waals surface area contributed by atoms with Crippen LogP contribution in [0.15, 0.2) is 36.7 Å². The Morgan fingerprint density at radius 2 is 1.81 bits per heavy atom. The number of ether oxygens (including phenoxy) is 1. The molecule has 1 aromatic carbocycles. The van der Waals surface area contributed by atoms with Crippen LogP contribution in [0.2, 0.25) is 0 Å². The SMILES string of the molecule is CCN(Cc1cc(C(F)(F)F)ccc1-c1cncc(CC(=O)O)c1)C(=O)OC(C)(C)C. The molecule has 1 heterocycles. The van der Waals surface area contributed by atoms with Crippen molar-refractivity contribution in [1.82, 2.24) is 9.88 Å². The highest BCUT2D eigenvalue weighted by molar-refractivity contribution is 5.73. The van der Waals surface area contributed by atoms with Gasteiger partial charge in [-0.2, -0.15) is 13.2 Å². The van der Waals surface area contributed by atoms with Crippen LogP contribution in [-0.2, 0) is 28.7 Å². The number of alkyl halides is 3. The zero-order chi connectivity index (χ0) is 23.4. The second-order valence-electron chi connectivity index (χ2n) is 8.02. The van der Waals surface area contributed by atoms with E-state index in [1.54, 1.807) is 33.8 Å². The van der Waals surface area contributed by atoms with Crippen LogP contribution in [0.25, 0.3) is 11.1 Å². The van der Waals surface area contributed by atoms with Crippen LogP contribution in [-0.4, -0.2) is 39.2 Å². The molecule has 0 unspecified atom stereocenters. The molecule has 1 amide bonds. The highest BCUT2D eigenvalue weighted by Crippen LogP contribution is 2.34. The number of carboxylic acid groups (broad SMARTS) is 1. The fourth-order valence-corrected chi connectivity index (χ4v) is 2.93. The van der Waals surface area contributed by atoms with Crippen molar-refractivity contribution < 1.29 is 32.6 Å². The van der Waals surface area contributed by atoms with Crippen LogP contribution >= 0.6 is 0 Å². The lowest BCUT2D eigenvalue weighted by molar-refractivity contribution is -0.138. The first-order chi connectivity index (χ1) is 14.3. The quantitative estimate of drug-likeness (QED) is 0.675. The number of nitrogens with zero attached hydrogens (tertiary/aromatic N) is 2. The van der Waals surface area contributed by atoms with Gasteiger partial charge in [0.2, 0.25) is 0 Å². The number of carbonyl (C=O) groups is 2. The Labute approximate surface area is 178 Å². The summed E-state index contributed by atoms with van der Waals surface area (Å²) < 4.78 is 45.3. The Balaban J connectivity index is 2.50. The van der Waals surface area contributed by atoms with E-state index in [0.29, 0.717) is 16.7 Å². The Hall–Kier alpha value is -3.10. The molecule has 2 rings (SSSR count). The maximum atomic E-state index is 13.3. The fourth-order valence-electron chi connectivity index (χ4n) is 2.93. The van der Waals surface area contributed by atoms with E-state index < -0.39 is 29.4 Å². The predicted molar refractivity (Wildman–Crippen MR) is 108 cm³/mol. The molecule has 0 fully saturated rings. The zero-order valence-corrected chi connectivity index (χ0v) is 17.8. The molecule has 6 nitrogen and oxygen atoms in total. The third kappa shape index (κ3) is 6.97. The van der Waals surface area contributed by atoms with Crippen molar-refractivity contribution in [3.8, 4) is 11.1 Å². The zero-order valence-electron chi connectivity index (χ0n) is 17.8. The van der Waals surface area contributed by atoms with Crippen LogP contribution < -0.4 is 0 Å². The summed E-state index contributed by atoms with van der Waals surface area (Å²) in [6.07, 6.45) is -2.63. The summed E-state index contributed by atoms with van der Waals surface area (Å²) in [5.41, 5.74) is -0.0540. The molecular formula is C22H25F3N2O4. The molecule has 31 heavy (non-hydrogen) atoms. The average Bonchev–Trinajstić information content (AvgIpc) is 2.63. The maximum absolute atomic E-state index is 13.3. The molecule has 0 saturated heterocycles. The molecule has 0 spiro atoms. The van der Waals surface area contributed by atoms with Gasteiger partial charge in [0.15, 0.2) is 0 Å². The minimum Gasteiger partial charge on any atom is -0.481 e. The lowest BCUT2D eigenvalue weighted by atomic mass is 9.96. The first-order valence-electron chi connectivity index (χ1n) is 9.64. The summed E-state index contributed by atoms with van der Waals surface area (Å²) in [5.74, 6) is -1.05. The Bertz CT molecular complexity index is 953. The number of carbonyl (C=O) groups excluding carboxylic acids is 1. The van der Waals surface area contributed by atoms with E-state index in [-0.39, 0.29) is 25.1 Å². The molecule has 0 bridgehead atoms. The van der Waals surface area contributed by atoms with E-state index in [9.17, 15) is 22.8 Å². The summed E-state index contributed by atoms with van der Waals surface area (Å²) in [6.45, 7) is 6.91. The van der Waals surface area contributed by atoms with E-state index in [1.165, 1.54) is 23.4 Å². The van der Waals surface area contributed by atoms with Crippen molar-refractivity contribution in [2.45, 2.75) is 52.4 Å². The van der Waals surface area contributed by atoms with Gasteiger partial charge in [-0.3, -0.25) is 9.78 Å². The average molecular weight is 438 g/mol. The van der Waals surface area contributed by atoms with E-state index in [1.807, 2.05) is 0 Å². The van der Waals surface area contributed by atoms with Gasteiger partial charge in [-0.15, -0.1) is 0 Å². The number of hydrogen-bond acceptors (Lipinski definition) is 4. The third-order valence-electron chi connectivity index (χ3n) is 4.29. The molecule has 0 aliphatic rings. The highest BCUT2D eigenvalue weighted by Gasteiger charge is 2.31. The molecule has 1 N–H and O–H groups in total. The first-order valence-corrected chi connectivity index (χ1v) is 9.64. The smallest absolute Gasteiger partial charge is 0.416 e. The molecule has 1 aromatic heterocycles. The third-order valence-corrected chi connectivity index (χ3v) is 4.29. The fraction of sp³-hybridized carbons (Fsp3) is 0.409. The van der Waals surface area contributed by atoms with Crippen molar-refractivity contribution in [2.75, 3.05) is 6.54 Å². The van der Waals surface area contributed by atoms with Gasteiger partial charge in [0.25, 0.3) is 0 Å². The van der Waals surface area contributed by atoms with Crippen molar-refractivity contribution in [2.24, 2.45) is 0 Å². The Kier molecular flexibility index (Phi) is 7.30. The number of benzene rings is 1. The number of carboxylic acids is 1. The molecule has 0 radical (unpaired) electrons. The Morgan fingerprint density at radius 1 is 1.13 bits per heavy atom. The van der Waals surface area contributed by atoms with Crippen LogP contribution in [0.4, 0.5) is 18.0 Å². The summed E-state index contributed by atoms with van der Waals surface area (Å²) in [7, 11) is 0. The lowest BCUT2D eigenvalue weighted by Crippen LogP contribution is -2.36. The van der Waals surface area contributed by atoms with E-state index >= 15 is 0 Å². The topological polar surface area (TPSA) is 79.7 Å². The van der Waals surface area contributed by atoms with Gasteiger partial charge in [-0.1, -0.05) is 6.07 Å². The van der Waals surface area contributed by atoms with Crippen LogP contribution in [0.3, 0.4) is 0 Å². The van der Waals surface area contributed by atoms with Crippen LogP contribution in [0, 0.1) is 0 Å². The number of rotatable bonds is 6. The van der Waals surface area contributed by atoms with Crippen LogP contribution in [0.5, 0.6) is 0 Å². The van der Waals surface area contributed by atoms with Crippen LogP contribution in [0.1, 0.15) is 44.4 Å². The number of hydrogen-bond donors (Lipinski definition) is 1. The van der Waals surface area contributed by atoms with Crippen molar-refractivity contribution in [1.29, 1.82) is 0 Å². The molecule has 9 heteroatoms. The largest absolute Gasteiger partial charge is 0.481 e. The normalized spacial score (nSPS) is 11.8. The van der Waals surface area contributed by atoms with Gasteiger partial charge in [0, 0.05) is 31.0 Å². The minimum absolute atomic E-state index is 0.117. The molecule has 0 aliphatic carbocycles. The summed E-state index contributed by atoms with van der Waals surface area (Å²) in [4.78, 5) is 28.8. The molecule has 168 valence electrons. The van der Waals surface area contributed by atoms with Crippen molar-refractivity contribution in [3.63, 3.8) is 0 Å². The molecule has 0 atom stereocenters. The maximum Gasteiger partial charge on any atom is 0.416 e. The Morgan fingerprint density at radius 3 is 2.35 bits per heavy atom. The highest BCUT2D eigenvalue weighted by atomic mass is 19.4. The number of amides is 1. The van der Waals surface area contributed by atoms with Gasteiger partial charge >= 0.3 is 18.2 Å². The standard InChI is InChI=1S/C22H25F3N2O4/c1-5-27(20(30)31-21(2,3)4)13-16-10-17(22(23,24)25)6-7-18(16)15-8-14(9-19(28)29)11-26-12-15/h6-8,10-12H,5,9,13H2,1-4H3,(H,28,29). The van der Waals surface area contributed by atoms with Gasteiger partial charge < -0.3 is 14.7 Å². The molecule has 0 aliphatic heterocycles. The minimum atomic E-state index is -4.56. The van der Waals surface area contributed by atoms with Gasteiger partial charge in [-0.25, -0.2) is 4.79 Å². The van der Waals surface area contributed by atoms with E-state index in [0.717, 1.165) is 12.1 Å². The predicted octanol–water partition coefficient (Wildman–Crippen LogP) is 5.15. The number of aromatic nitrogens is 1. The van der Waals surface area contributed by atoms with Gasteiger partial charge in [0.05, 0.1) is 12.0 Å². The molecular weight excluding hydrogens is 413 g/mol. The van der Waals surface area contributed by atoms with Gasteiger partial charge in [-0.05, 0) is 62.6 Å². The van der Waals surface area contributed by atoms with Gasteiger partial charge in [0.1, 0.15) is 5.60 Å². The van der Waals surface area contributed by atoms with Crippen molar-refractivity contribution >= 4 is 12.1 Å². The molecule has 0 saturated carbocycles. The summed E-state index contributed by atoms with van der Waals surface area (Å²) >= 11 is 0.